The quantitative estimate of drug-likeness (QED) is 0.868. The van der Waals surface area contributed by atoms with Gasteiger partial charge >= 0.3 is 0 Å². The molecule has 0 aromatic carbocycles. The Balaban J connectivity index is 1.82. The number of rotatable bonds is 6. The van der Waals surface area contributed by atoms with Gasteiger partial charge in [0.05, 0.1) is 5.69 Å². The minimum absolute atomic E-state index is 0.479. The van der Waals surface area contributed by atoms with E-state index in [0.29, 0.717) is 11.5 Å². The maximum atomic E-state index is 4.66. The third-order valence-corrected chi connectivity index (χ3v) is 5.78. The summed E-state index contributed by atoms with van der Waals surface area (Å²) in [6.07, 6.45) is 7.02. The fourth-order valence-electron chi connectivity index (χ4n) is 4.84. The maximum Gasteiger partial charge on any atom is 0.0596 e. The Hall–Kier alpha value is -0.830. The van der Waals surface area contributed by atoms with Crippen LogP contribution in [0.2, 0.25) is 0 Å². The molecule has 2 aliphatic rings. The summed E-state index contributed by atoms with van der Waals surface area (Å²) in [5.41, 5.74) is 3.10. The highest BCUT2D eigenvalue weighted by molar-refractivity contribution is 5.15. The Morgan fingerprint density at radius 2 is 2.24 bits per heavy atom. The van der Waals surface area contributed by atoms with Crippen molar-refractivity contribution in [1.29, 1.82) is 0 Å². The second kappa shape index (κ2) is 5.75. The van der Waals surface area contributed by atoms with Crippen molar-refractivity contribution in [1.82, 2.24) is 15.1 Å². The van der Waals surface area contributed by atoms with Crippen molar-refractivity contribution in [3.63, 3.8) is 0 Å². The number of hydrogen-bond donors (Lipinski definition) is 1. The van der Waals surface area contributed by atoms with Crippen LogP contribution in [0.1, 0.15) is 57.8 Å². The van der Waals surface area contributed by atoms with E-state index in [-0.39, 0.29) is 0 Å². The molecule has 1 heterocycles. The van der Waals surface area contributed by atoms with Crippen LogP contribution in [-0.2, 0) is 13.0 Å². The third kappa shape index (κ3) is 2.90. The Morgan fingerprint density at radius 3 is 2.81 bits per heavy atom. The molecule has 0 spiro atoms. The smallest absolute Gasteiger partial charge is 0.0596 e. The number of nitrogens with zero attached hydrogens (tertiary/aromatic N) is 2. The van der Waals surface area contributed by atoms with Crippen molar-refractivity contribution in [2.75, 3.05) is 6.54 Å². The monoisotopic (exact) mass is 289 g/mol. The van der Waals surface area contributed by atoms with Gasteiger partial charge in [0.1, 0.15) is 0 Å². The largest absolute Gasteiger partial charge is 0.314 e. The van der Waals surface area contributed by atoms with Gasteiger partial charge in [-0.25, -0.2) is 0 Å². The molecule has 3 atom stereocenters. The maximum absolute atomic E-state index is 4.66. The zero-order valence-electron chi connectivity index (χ0n) is 14.2. The highest BCUT2D eigenvalue weighted by Gasteiger charge is 2.50. The summed E-state index contributed by atoms with van der Waals surface area (Å²) in [4.78, 5) is 0. The summed E-state index contributed by atoms with van der Waals surface area (Å²) in [6, 6.07) is 2.89. The lowest BCUT2D eigenvalue weighted by Crippen LogP contribution is -2.43. The normalized spacial score (nSPS) is 31.5. The number of aromatic nitrogens is 2. The molecule has 118 valence electrons. The van der Waals surface area contributed by atoms with Gasteiger partial charge in [0.2, 0.25) is 0 Å². The topological polar surface area (TPSA) is 29.9 Å². The van der Waals surface area contributed by atoms with E-state index in [1.807, 2.05) is 0 Å². The molecule has 3 unspecified atom stereocenters. The van der Waals surface area contributed by atoms with E-state index < -0.39 is 0 Å². The highest BCUT2D eigenvalue weighted by Crippen LogP contribution is 2.57. The van der Waals surface area contributed by atoms with Gasteiger partial charge in [-0.15, -0.1) is 0 Å². The van der Waals surface area contributed by atoms with Gasteiger partial charge in [-0.2, -0.15) is 5.10 Å². The predicted molar refractivity (Wildman–Crippen MR) is 87.4 cm³/mol. The Morgan fingerprint density at radius 1 is 1.43 bits per heavy atom. The molecule has 0 amide bonds. The molecule has 2 aliphatic carbocycles. The molecule has 21 heavy (non-hydrogen) atoms. The minimum atomic E-state index is 0.479. The van der Waals surface area contributed by atoms with E-state index in [0.717, 1.165) is 18.4 Å². The van der Waals surface area contributed by atoms with Crippen LogP contribution in [0.15, 0.2) is 6.07 Å². The van der Waals surface area contributed by atoms with Crippen LogP contribution in [-0.4, -0.2) is 22.4 Å². The van der Waals surface area contributed by atoms with E-state index >= 15 is 0 Å². The van der Waals surface area contributed by atoms with Gasteiger partial charge in [0.15, 0.2) is 0 Å². The second-order valence-corrected chi connectivity index (χ2v) is 7.75. The number of aryl methyl sites for hydroxylation is 2. The first-order chi connectivity index (χ1) is 10.0. The molecule has 0 saturated heterocycles. The molecule has 3 heteroatoms. The summed E-state index contributed by atoms with van der Waals surface area (Å²) >= 11 is 0. The molecule has 2 saturated carbocycles. The van der Waals surface area contributed by atoms with Crippen molar-refractivity contribution in [3.8, 4) is 0 Å². The van der Waals surface area contributed by atoms with E-state index in [1.54, 1.807) is 0 Å². The molecule has 1 aromatic heterocycles. The van der Waals surface area contributed by atoms with Crippen LogP contribution >= 0.6 is 0 Å². The van der Waals surface area contributed by atoms with Crippen molar-refractivity contribution in [2.24, 2.45) is 17.3 Å². The third-order valence-electron chi connectivity index (χ3n) is 5.78. The molecule has 0 radical (unpaired) electrons. The number of fused-ring (bicyclic) bond motifs is 2. The van der Waals surface area contributed by atoms with Gasteiger partial charge in [-0.1, -0.05) is 20.3 Å². The standard InChI is InChI=1S/C18H31N3/c1-5-21-17(8-14(4)20-21)11-18(12-19-13(2)3)10-15-6-7-16(18)9-15/h8,13,15-16,19H,5-7,9-12H2,1-4H3. The fourth-order valence-corrected chi connectivity index (χ4v) is 4.84. The molecular formula is C18H31N3. The SMILES string of the molecule is CCn1nc(C)cc1CC1(CNC(C)C)CC2CCC1C2. The molecule has 1 N–H and O–H groups in total. The lowest BCUT2D eigenvalue weighted by Gasteiger charge is -2.39. The van der Waals surface area contributed by atoms with Crippen molar-refractivity contribution in [2.45, 2.75) is 72.4 Å². The zero-order valence-corrected chi connectivity index (χ0v) is 14.2. The van der Waals surface area contributed by atoms with Crippen LogP contribution in [0.25, 0.3) is 0 Å². The van der Waals surface area contributed by atoms with E-state index in [1.165, 1.54) is 50.0 Å². The molecule has 0 aliphatic heterocycles. The van der Waals surface area contributed by atoms with Gasteiger partial charge in [-0.3, -0.25) is 4.68 Å². The Kier molecular flexibility index (Phi) is 4.13. The molecular weight excluding hydrogens is 258 g/mol. The second-order valence-electron chi connectivity index (χ2n) is 7.75. The first-order valence-electron chi connectivity index (χ1n) is 8.79. The predicted octanol–water partition coefficient (Wildman–Crippen LogP) is 3.56. The van der Waals surface area contributed by atoms with Crippen molar-refractivity contribution >= 4 is 0 Å². The Labute approximate surface area is 129 Å². The first-order valence-corrected chi connectivity index (χ1v) is 8.79. The zero-order chi connectivity index (χ0) is 15.0. The van der Waals surface area contributed by atoms with Crippen LogP contribution < -0.4 is 5.32 Å². The van der Waals surface area contributed by atoms with E-state index in [9.17, 15) is 0 Å². The molecule has 2 fully saturated rings. The molecule has 3 rings (SSSR count). The molecule has 3 nitrogen and oxygen atoms in total. The molecule has 1 aromatic rings. The first kappa shape index (κ1) is 15.1. The van der Waals surface area contributed by atoms with E-state index in [2.05, 4.69) is 48.9 Å². The van der Waals surface area contributed by atoms with Crippen molar-refractivity contribution in [3.05, 3.63) is 17.5 Å². The summed E-state index contributed by atoms with van der Waals surface area (Å²) in [5.74, 6) is 1.91. The number of nitrogens with one attached hydrogen (secondary N) is 1. The van der Waals surface area contributed by atoms with Gasteiger partial charge in [-0.05, 0) is 62.8 Å². The van der Waals surface area contributed by atoms with Crippen molar-refractivity contribution < 1.29 is 0 Å². The average molecular weight is 289 g/mol. The number of hydrogen-bond acceptors (Lipinski definition) is 2. The summed E-state index contributed by atoms with van der Waals surface area (Å²) in [5, 5.41) is 8.40. The van der Waals surface area contributed by atoms with Crippen LogP contribution in [0.3, 0.4) is 0 Å². The van der Waals surface area contributed by atoms with E-state index in [4.69, 9.17) is 0 Å². The summed E-state index contributed by atoms with van der Waals surface area (Å²) in [7, 11) is 0. The summed E-state index contributed by atoms with van der Waals surface area (Å²) < 4.78 is 2.22. The average Bonchev–Trinajstić information content (AvgIpc) is 3.11. The molecule has 2 bridgehead atoms. The van der Waals surface area contributed by atoms with Gasteiger partial charge in [0.25, 0.3) is 0 Å². The lowest BCUT2D eigenvalue weighted by molar-refractivity contribution is 0.149. The fraction of sp³-hybridized carbons (Fsp3) is 0.833. The van der Waals surface area contributed by atoms with Gasteiger partial charge < -0.3 is 5.32 Å². The van der Waals surface area contributed by atoms with Crippen LogP contribution in [0, 0.1) is 24.2 Å². The highest BCUT2D eigenvalue weighted by atomic mass is 15.3. The lowest BCUT2D eigenvalue weighted by atomic mass is 9.70. The Bertz CT molecular complexity index is 491. The summed E-state index contributed by atoms with van der Waals surface area (Å²) in [6.45, 7) is 11.0. The van der Waals surface area contributed by atoms with Crippen LogP contribution in [0.5, 0.6) is 0 Å². The van der Waals surface area contributed by atoms with Gasteiger partial charge in [0, 0.05) is 24.8 Å². The van der Waals surface area contributed by atoms with Crippen LogP contribution in [0.4, 0.5) is 0 Å². The minimum Gasteiger partial charge on any atom is -0.314 e.